The van der Waals surface area contributed by atoms with Gasteiger partial charge in [-0.2, -0.15) is 4.98 Å². The Hall–Kier alpha value is -2.21. The predicted octanol–water partition coefficient (Wildman–Crippen LogP) is 2.86. The molecule has 0 spiro atoms. The highest BCUT2D eigenvalue weighted by Gasteiger charge is 2.21. The van der Waals surface area contributed by atoms with Crippen molar-refractivity contribution >= 4 is 17.6 Å². The molecule has 0 amide bonds. The summed E-state index contributed by atoms with van der Waals surface area (Å²) in [5.74, 6) is 1.33. The van der Waals surface area contributed by atoms with Gasteiger partial charge in [0.05, 0.1) is 6.10 Å². The van der Waals surface area contributed by atoms with E-state index in [-0.39, 0.29) is 6.10 Å². The third-order valence-corrected chi connectivity index (χ3v) is 4.67. The highest BCUT2D eigenvalue weighted by molar-refractivity contribution is 5.64. The zero-order valence-electron chi connectivity index (χ0n) is 14.0. The van der Waals surface area contributed by atoms with Crippen LogP contribution in [0.4, 0.5) is 17.6 Å². The van der Waals surface area contributed by atoms with Gasteiger partial charge >= 0.3 is 0 Å². The molecule has 0 saturated carbocycles. The first-order valence-electron chi connectivity index (χ1n) is 8.71. The normalized spacial score (nSPS) is 20.0. The zero-order valence-corrected chi connectivity index (χ0v) is 14.0. The molecule has 1 N–H and O–H groups in total. The minimum absolute atomic E-state index is 0.268. The highest BCUT2D eigenvalue weighted by Crippen LogP contribution is 2.32. The Morgan fingerprint density at radius 1 is 1.29 bits per heavy atom. The first-order chi connectivity index (χ1) is 11.8. The summed E-state index contributed by atoms with van der Waals surface area (Å²) in [5, 5.41) is 3.29. The van der Waals surface area contributed by atoms with Crippen molar-refractivity contribution in [1.29, 1.82) is 0 Å². The molecule has 0 bridgehead atoms. The van der Waals surface area contributed by atoms with Gasteiger partial charge in [0, 0.05) is 25.4 Å². The number of aryl methyl sites for hydroxylation is 2. The molecule has 1 fully saturated rings. The lowest BCUT2D eigenvalue weighted by Gasteiger charge is -2.29. The molecule has 1 saturated heterocycles. The number of rotatable bonds is 4. The van der Waals surface area contributed by atoms with Crippen LogP contribution in [0.25, 0.3) is 0 Å². The number of nitrogens with zero attached hydrogens (tertiary/aromatic N) is 4. The van der Waals surface area contributed by atoms with Crippen molar-refractivity contribution < 1.29 is 4.74 Å². The van der Waals surface area contributed by atoms with Crippen molar-refractivity contribution in [3.63, 3.8) is 0 Å². The van der Waals surface area contributed by atoms with Gasteiger partial charge in [0.25, 0.3) is 0 Å². The molecule has 1 aromatic heterocycles. The molecule has 1 atom stereocenters. The zero-order chi connectivity index (χ0) is 16.4. The lowest BCUT2D eigenvalue weighted by Crippen LogP contribution is -2.27. The van der Waals surface area contributed by atoms with Crippen LogP contribution in [0.2, 0.25) is 0 Å². The van der Waals surface area contributed by atoms with Gasteiger partial charge in [-0.05, 0) is 44.2 Å². The minimum Gasteiger partial charge on any atom is -0.376 e. The molecule has 1 aromatic carbocycles. The van der Waals surface area contributed by atoms with Crippen molar-refractivity contribution in [2.75, 3.05) is 29.9 Å². The molecule has 126 valence electrons. The van der Waals surface area contributed by atoms with Crippen LogP contribution in [0.1, 0.15) is 30.4 Å². The summed E-state index contributed by atoms with van der Waals surface area (Å²) in [6.45, 7) is 4.68. The van der Waals surface area contributed by atoms with E-state index in [1.54, 1.807) is 6.33 Å². The number of ether oxygens (including phenoxy) is 1. The van der Waals surface area contributed by atoms with Crippen molar-refractivity contribution in [2.45, 2.75) is 38.7 Å². The number of hydrogen-bond acceptors (Lipinski definition) is 6. The third-order valence-electron chi connectivity index (χ3n) is 4.67. The van der Waals surface area contributed by atoms with Gasteiger partial charge in [0.1, 0.15) is 6.33 Å². The third kappa shape index (κ3) is 3.19. The van der Waals surface area contributed by atoms with E-state index in [0.717, 1.165) is 45.4 Å². The molecule has 6 heteroatoms. The van der Waals surface area contributed by atoms with Gasteiger partial charge in [-0.25, -0.2) is 9.97 Å². The van der Waals surface area contributed by atoms with Crippen LogP contribution < -0.4 is 10.2 Å². The maximum atomic E-state index is 5.63. The van der Waals surface area contributed by atoms with Crippen LogP contribution in [0.5, 0.6) is 0 Å². The molecule has 0 aliphatic carbocycles. The summed E-state index contributed by atoms with van der Waals surface area (Å²) in [4.78, 5) is 15.5. The molecule has 1 unspecified atom stereocenters. The Labute approximate surface area is 142 Å². The average Bonchev–Trinajstić information content (AvgIpc) is 3.13. The average molecular weight is 325 g/mol. The molecule has 4 rings (SSSR count). The Balaban J connectivity index is 1.53. The van der Waals surface area contributed by atoms with Gasteiger partial charge in [-0.15, -0.1) is 0 Å². The molecule has 2 aromatic rings. The second-order valence-electron chi connectivity index (χ2n) is 6.51. The molecule has 24 heavy (non-hydrogen) atoms. The number of anilines is 3. The van der Waals surface area contributed by atoms with Crippen LogP contribution in [0.3, 0.4) is 0 Å². The second kappa shape index (κ2) is 6.73. The quantitative estimate of drug-likeness (QED) is 0.932. The summed E-state index contributed by atoms with van der Waals surface area (Å²) in [5.41, 5.74) is 3.88. The van der Waals surface area contributed by atoms with Crippen LogP contribution in [0, 0.1) is 6.92 Å². The summed E-state index contributed by atoms with van der Waals surface area (Å²) in [7, 11) is 0. The number of nitrogens with one attached hydrogen (secondary N) is 1. The van der Waals surface area contributed by atoms with E-state index in [0.29, 0.717) is 11.9 Å². The second-order valence-corrected chi connectivity index (χ2v) is 6.51. The maximum Gasteiger partial charge on any atom is 0.234 e. The van der Waals surface area contributed by atoms with E-state index in [1.165, 1.54) is 16.8 Å². The molecule has 2 aliphatic rings. The number of hydrogen-bond donors (Lipinski definition) is 1. The van der Waals surface area contributed by atoms with Gasteiger partial charge in [0.2, 0.25) is 11.9 Å². The van der Waals surface area contributed by atoms with Crippen LogP contribution in [-0.2, 0) is 11.2 Å². The number of benzene rings is 1. The van der Waals surface area contributed by atoms with Crippen molar-refractivity contribution in [3.05, 3.63) is 35.7 Å². The van der Waals surface area contributed by atoms with Crippen LogP contribution in [0.15, 0.2) is 24.5 Å². The Bertz CT molecular complexity index is 714. The largest absolute Gasteiger partial charge is 0.376 e. The first-order valence-corrected chi connectivity index (χ1v) is 8.71. The van der Waals surface area contributed by atoms with Crippen LogP contribution in [-0.4, -0.2) is 40.8 Å². The maximum absolute atomic E-state index is 5.63. The van der Waals surface area contributed by atoms with E-state index in [9.17, 15) is 0 Å². The summed E-state index contributed by atoms with van der Waals surface area (Å²) in [6.07, 6.45) is 6.32. The standard InChI is InChI=1S/C18H23N5O/c1-13-6-7-16-14(10-13)4-2-8-23(16)18-21-12-20-17(22-18)19-11-15-5-3-9-24-15/h6-7,10,12,15H,2-5,8-9,11H2,1H3,(H,19,20,21,22). The lowest BCUT2D eigenvalue weighted by molar-refractivity contribution is 0.120. The summed E-state index contributed by atoms with van der Waals surface area (Å²) >= 11 is 0. The van der Waals surface area contributed by atoms with Crippen molar-refractivity contribution in [3.8, 4) is 0 Å². The minimum atomic E-state index is 0.268. The molecule has 0 radical (unpaired) electrons. The number of aromatic nitrogens is 3. The monoisotopic (exact) mass is 325 g/mol. The van der Waals surface area contributed by atoms with E-state index in [2.05, 4.69) is 50.3 Å². The van der Waals surface area contributed by atoms with Crippen molar-refractivity contribution in [1.82, 2.24) is 15.0 Å². The van der Waals surface area contributed by atoms with E-state index in [1.807, 2.05) is 0 Å². The lowest BCUT2D eigenvalue weighted by atomic mass is 10.00. The Morgan fingerprint density at radius 3 is 3.12 bits per heavy atom. The van der Waals surface area contributed by atoms with Gasteiger partial charge in [-0.1, -0.05) is 17.7 Å². The molecule has 2 aliphatic heterocycles. The van der Waals surface area contributed by atoms with E-state index < -0.39 is 0 Å². The fraction of sp³-hybridized carbons (Fsp3) is 0.500. The first kappa shape index (κ1) is 15.3. The Kier molecular flexibility index (Phi) is 4.30. The highest BCUT2D eigenvalue weighted by atomic mass is 16.5. The Morgan fingerprint density at radius 2 is 2.25 bits per heavy atom. The number of fused-ring (bicyclic) bond motifs is 1. The smallest absolute Gasteiger partial charge is 0.234 e. The topological polar surface area (TPSA) is 63.2 Å². The van der Waals surface area contributed by atoms with E-state index >= 15 is 0 Å². The predicted molar refractivity (Wildman–Crippen MR) is 93.8 cm³/mol. The molecule has 3 heterocycles. The fourth-order valence-electron chi connectivity index (χ4n) is 3.45. The summed E-state index contributed by atoms with van der Waals surface area (Å²) < 4.78 is 5.63. The SMILES string of the molecule is Cc1ccc2c(c1)CCCN2c1ncnc(NCC2CCCO2)n1. The van der Waals surface area contributed by atoms with Gasteiger partial charge in [0.15, 0.2) is 0 Å². The van der Waals surface area contributed by atoms with Gasteiger partial charge < -0.3 is 15.0 Å². The molecule has 6 nitrogen and oxygen atoms in total. The van der Waals surface area contributed by atoms with Gasteiger partial charge in [-0.3, -0.25) is 0 Å². The fourth-order valence-corrected chi connectivity index (χ4v) is 3.45. The van der Waals surface area contributed by atoms with Crippen molar-refractivity contribution in [2.24, 2.45) is 0 Å². The molecular weight excluding hydrogens is 302 g/mol. The summed E-state index contributed by atoms with van der Waals surface area (Å²) in [6, 6.07) is 6.58. The molecular formula is C18H23N5O. The van der Waals surface area contributed by atoms with E-state index in [4.69, 9.17) is 4.74 Å². The van der Waals surface area contributed by atoms with Crippen LogP contribution >= 0.6 is 0 Å².